The molecule has 7 aliphatic heterocycles. The van der Waals surface area contributed by atoms with E-state index < -0.39 is 271 Å². The molecule has 7 aliphatic rings. The zero-order chi connectivity index (χ0) is 92.6. The first-order valence-corrected chi connectivity index (χ1v) is 40.9. The highest BCUT2D eigenvalue weighted by atomic mass is 35.5. The van der Waals surface area contributed by atoms with Crippen LogP contribution in [0.25, 0.3) is 17.2 Å². The van der Waals surface area contributed by atoms with Gasteiger partial charge in [-0.1, -0.05) is 67.4 Å². The number of halogens is 2. The Morgan fingerprint density at radius 3 is 1.99 bits per heavy atom. The van der Waals surface area contributed by atoms with Gasteiger partial charge in [0.2, 0.25) is 59.3 Å². The first-order valence-electron chi connectivity index (χ1n) is 40.2. The number of rotatable bonds is 22. The number of aromatic hydroxyl groups is 3. The number of benzene rings is 6. The number of hydrogen-bond acceptors (Lipinski definition) is 30. The van der Waals surface area contributed by atoms with Gasteiger partial charge in [0.1, 0.15) is 107 Å². The topological polar surface area (TPSA) is 637 Å². The van der Waals surface area contributed by atoms with E-state index in [1.165, 1.54) is 49.0 Å². The van der Waals surface area contributed by atoms with Gasteiger partial charge in [-0.05, 0) is 152 Å². The lowest BCUT2D eigenvalue weighted by Crippen LogP contribution is -2.65. The molecule has 8 heterocycles. The maximum atomic E-state index is 16.3. The Labute approximate surface area is 738 Å². The Bertz CT molecular complexity index is 5500. The molecule has 6 aromatic carbocycles. The summed E-state index contributed by atoms with van der Waals surface area (Å²) >= 11 is 14.3. The van der Waals surface area contributed by atoms with Crippen LogP contribution in [0, 0.1) is 5.92 Å². The van der Waals surface area contributed by atoms with Crippen LogP contribution in [0.15, 0.2) is 126 Å². The lowest BCUT2D eigenvalue weighted by Gasteiger charge is -2.48. The van der Waals surface area contributed by atoms with Gasteiger partial charge < -0.3 is 138 Å². The minimum absolute atomic E-state index is 0.0418. The molecule has 682 valence electrons. The van der Waals surface area contributed by atoms with E-state index in [9.17, 15) is 74.7 Å². The van der Waals surface area contributed by atoms with E-state index in [-0.39, 0.29) is 48.8 Å². The summed E-state index contributed by atoms with van der Waals surface area (Å²) < 4.78 is 46.1. The summed E-state index contributed by atoms with van der Waals surface area (Å²) in [4.78, 5) is 162. The number of carbonyl (C=O) groups is 10. The lowest BCUT2D eigenvalue weighted by molar-refractivity contribution is -0.334. The fourth-order valence-electron chi connectivity index (χ4n) is 15.2. The molecule has 7 aromatic rings. The highest BCUT2D eigenvalue weighted by Gasteiger charge is 2.52. The van der Waals surface area contributed by atoms with Crippen molar-refractivity contribution in [3.8, 4) is 62.9 Å². The monoisotopic (exact) mass is 1820 g/mol. The number of phenols is 3. The zero-order valence-electron chi connectivity index (χ0n) is 69.1. The van der Waals surface area contributed by atoms with Gasteiger partial charge in [-0.25, -0.2) is 15.0 Å². The van der Waals surface area contributed by atoms with Crippen LogP contribution >= 0.6 is 23.2 Å². The zero-order valence-corrected chi connectivity index (χ0v) is 70.7. The van der Waals surface area contributed by atoms with Crippen molar-refractivity contribution in [3.63, 3.8) is 0 Å². The summed E-state index contributed by atoms with van der Waals surface area (Å²) in [7, 11) is 1.46. The minimum atomic E-state index is -2.42. The van der Waals surface area contributed by atoms with Crippen LogP contribution in [-0.2, 0) is 63.9 Å². The fourth-order valence-corrected chi connectivity index (χ4v) is 15.6. The highest BCUT2D eigenvalue weighted by Crippen LogP contribution is 2.50. The van der Waals surface area contributed by atoms with E-state index in [0.717, 1.165) is 66.7 Å². The predicted molar refractivity (Wildman–Crippen MR) is 450 cm³/mol. The summed E-state index contributed by atoms with van der Waals surface area (Å²) in [5.74, 6) is -16.2. The molecule has 2 fully saturated rings. The van der Waals surface area contributed by atoms with Crippen LogP contribution in [0.2, 0.25) is 10.0 Å². The van der Waals surface area contributed by atoms with Gasteiger partial charge in [0, 0.05) is 54.5 Å². The molecule has 0 unspecified atom stereocenters. The molecule has 18 atom stereocenters. The quantitative estimate of drug-likeness (QED) is 0.0327. The molecular formula is C84H95Cl2N15O27. The van der Waals surface area contributed by atoms with Gasteiger partial charge in [-0.3, -0.25) is 53.1 Å². The summed E-state index contributed by atoms with van der Waals surface area (Å²) in [6.07, 6.45) is -15.5. The van der Waals surface area contributed by atoms with E-state index in [1.54, 1.807) is 51.1 Å². The Balaban J connectivity index is 0.986. The molecule has 11 bridgehead atoms. The number of nitrogens with one attached hydrogen (secondary N) is 11. The molecule has 1 aromatic heterocycles. The van der Waals surface area contributed by atoms with E-state index >= 15 is 24.0 Å². The summed E-state index contributed by atoms with van der Waals surface area (Å²) in [6.45, 7) is 7.88. The molecule has 14 rings (SSSR count). The van der Waals surface area contributed by atoms with Crippen molar-refractivity contribution in [2.75, 3.05) is 32.1 Å². The van der Waals surface area contributed by atoms with Crippen molar-refractivity contribution >= 4 is 94.3 Å². The number of carbonyl (C=O) groups excluding carboxylic acids is 10. The van der Waals surface area contributed by atoms with Crippen LogP contribution in [0.5, 0.6) is 51.7 Å². The lowest BCUT2D eigenvalue weighted by atomic mass is 9.85. The number of aromatic nitrogens is 2. The van der Waals surface area contributed by atoms with Gasteiger partial charge >= 0.3 is 11.7 Å². The van der Waals surface area contributed by atoms with Crippen LogP contribution in [-0.4, -0.2) is 220 Å². The second-order valence-electron chi connectivity index (χ2n) is 31.3. The number of nitrogens with zero attached hydrogens (tertiary/aromatic N) is 2. The van der Waals surface area contributed by atoms with E-state index in [4.69, 9.17) is 67.8 Å². The molecule has 0 radical (unpaired) electrons. The van der Waals surface area contributed by atoms with Gasteiger partial charge in [0.25, 0.3) is 5.91 Å². The number of amides is 11. The number of aliphatic hydroxyl groups is 6. The summed E-state index contributed by atoms with van der Waals surface area (Å²) in [5, 5.41) is 129. The molecule has 0 aliphatic carbocycles. The van der Waals surface area contributed by atoms with Crippen molar-refractivity contribution in [1.29, 1.82) is 0 Å². The Kier molecular flexibility index (Phi) is 29.8. The molecular weight excluding hydrogens is 1720 g/mol. The number of ether oxygens (including phenoxy) is 7. The SMILES string of the molecule is CCOc1ccc(/C=C/C(=O)Nc2ccn(CCN[C@@]3(C)C[C@H](O[C@H]4[C@H](Oc5c6cc7cc5Oc5ccc(cc5Cl)[C@@H](O)[C@@H](NC(=O)[C@@H](CC(C)C)NC)C(=O)N[C@@H](CC(N)=O)C(=O)N[C@H]7C(=O)N[C@H]5C(=O)N[C@H](C(=O)N[C@@H](C(=O)NNC(N)=O)c7cc(O)cc(O)c7-c7cc5ccc7O)[C@H](O)c5ccc(c(Cl)c5)O6)O[C@H](CO)[C@@H](O)[C@@H]4O)O[C@@H](C)[C@H]3O)c(=O)n2)cc1. The van der Waals surface area contributed by atoms with Crippen LogP contribution in [0.1, 0.15) is 118 Å². The molecule has 42 nitrogen and oxygen atoms in total. The summed E-state index contributed by atoms with van der Waals surface area (Å²) in [5.41, 5.74) is 10.4. The van der Waals surface area contributed by atoms with Gasteiger partial charge in [0.05, 0.1) is 47.9 Å². The fraction of sp³-hybridized carbons (Fsp3) is 0.381. The molecule has 0 saturated carbocycles. The maximum absolute atomic E-state index is 16.3. The van der Waals surface area contributed by atoms with E-state index in [2.05, 4.69) is 52.8 Å². The molecule has 24 N–H and O–H groups in total. The second kappa shape index (κ2) is 40.4. The number of likely N-dealkylation sites (N-methyl/N-ethyl adjacent to an activating group) is 1. The predicted octanol–water partition coefficient (Wildman–Crippen LogP) is 0.660. The molecule has 44 heteroatoms. The minimum Gasteiger partial charge on any atom is -0.508 e. The van der Waals surface area contributed by atoms with Crippen LogP contribution in [0.3, 0.4) is 0 Å². The van der Waals surface area contributed by atoms with E-state index in [0.29, 0.717) is 17.9 Å². The molecule has 11 amide bonds. The first-order chi connectivity index (χ1) is 60.8. The average Bonchev–Trinajstić information content (AvgIpc) is 0.761. The van der Waals surface area contributed by atoms with Gasteiger partial charge in [0.15, 0.2) is 23.9 Å². The largest absolute Gasteiger partial charge is 0.508 e. The Morgan fingerprint density at radius 2 is 1.37 bits per heavy atom. The van der Waals surface area contributed by atoms with Crippen molar-refractivity contribution in [3.05, 3.63) is 175 Å². The maximum Gasteiger partial charge on any atom is 0.349 e. The molecule has 0 spiro atoms. The number of aliphatic hydroxyl groups excluding tert-OH is 6. The average molecular weight is 1820 g/mol. The number of nitrogens with two attached hydrogens (primary N) is 2. The first kappa shape index (κ1) is 94.3. The number of urea groups is 1. The Hall–Kier alpha value is -12.8. The number of hydrazine groups is 1. The number of anilines is 1. The molecule has 2 saturated heterocycles. The molecule has 128 heavy (non-hydrogen) atoms. The van der Waals surface area contributed by atoms with Gasteiger partial charge in [-0.2, -0.15) is 4.98 Å². The summed E-state index contributed by atoms with van der Waals surface area (Å²) in [6, 6.07) is 5.87. The Morgan fingerprint density at radius 1 is 0.719 bits per heavy atom. The third-order valence-corrected chi connectivity index (χ3v) is 22.3. The standard InChI is InChI=1S/C84H95Cl2N15O27/c1-7-122-43-14-8-37(9-15-43)10-19-59(107)92-58-20-22-101(83(121)93-58)23-21-90-84(5)33-60(123-36(4)73(84)112)127-72-70(111)69(110)56(34-102)126-81(72)128-71-54-28-41-29-55(71)125-53-18-13-40(27-47(53)86)68(109)66-79(118)96-64(80(119)99-100-82(88)120)45-30-42(103)31-51(105)61(45)44-25-38(11-16-50(44)104)62(76(115)98-66)95-77(116)63(41)94-75(114)49(32-57(87)106)91-78(117)65(97-74(113)48(89-6)24-35(2)3)67(108)39-12-17-52(124-54)46(85)26-39/h8-20,22,25-31,35-36,48-49,56,60,62-70,72-73,81,89-90,102-105,108-112H,7,21,23-24,32-34H2,1-6H3,(H2,87,106)(H,91,117)(H,94,114)(H,95,116)(H,96,118)(H,97,113)(H,98,115)(H,99,119)(H3,88,100,120)(H,92,93,107,121)/b19-10+/t36-,48+,49-,56+,60-,62+,63+,64+,65+,66-,67+,68+,69+,70-,72+,73+,81-,84-/m0/s1. The van der Waals surface area contributed by atoms with Gasteiger partial charge in [-0.15, -0.1) is 0 Å². The number of hydrogen-bond donors (Lipinski definition) is 22. The normalized spacial score (nSPS) is 25.6. The third kappa shape index (κ3) is 21.7. The number of primary amides is 2. The van der Waals surface area contributed by atoms with Crippen molar-refractivity contribution < 1.29 is 127 Å². The number of fused-ring (bicyclic) bond motifs is 15. The van der Waals surface area contributed by atoms with Crippen molar-refractivity contribution in [2.45, 2.75) is 170 Å². The third-order valence-electron chi connectivity index (χ3n) is 21.7. The highest BCUT2D eigenvalue weighted by molar-refractivity contribution is 6.32. The smallest absolute Gasteiger partial charge is 0.349 e. The van der Waals surface area contributed by atoms with Crippen molar-refractivity contribution in [2.24, 2.45) is 17.4 Å². The van der Waals surface area contributed by atoms with Crippen LogP contribution in [0.4, 0.5) is 10.6 Å². The number of phenolic OH excluding ortho intramolecular Hbond substituents is 3. The van der Waals surface area contributed by atoms with Crippen LogP contribution < -0.4 is 94.8 Å². The van der Waals surface area contributed by atoms with Crippen molar-refractivity contribution in [1.82, 2.24) is 62.9 Å². The second-order valence-corrected chi connectivity index (χ2v) is 32.1. The van der Waals surface area contributed by atoms with E-state index in [1.807, 2.05) is 17.8 Å².